The van der Waals surface area contributed by atoms with Gasteiger partial charge < -0.3 is 0 Å². The first-order valence-electron chi connectivity index (χ1n) is 5.30. The largest absolute Gasteiger partial charge is 0.256 e. The summed E-state index contributed by atoms with van der Waals surface area (Å²) in [5.41, 5.74) is 2.83. The van der Waals surface area contributed by atoms with E-state index in [9.17, 15) is 0 Å². The quantitative estimate of drug-likeness (QED) is 0.644. The molecule has 0 radical (unpaired) electrons. The first-order chi connectivity index (χ1) is 8.33. The molecule has 0 saturated carbocycles. The number of halogens is 1. The Bertz CT molecular complexity index is 680. The lowest BCUT2D eigenvalue weighted by Gasteiger charge is -2.02. The highest BCUT2D eigenvalue weighted by Crippen LogP contribution is 2.23. The summed E-state index contributed by atoms with van der Waals surface area (Å²) in [5, 5.41) is 1.75. The van der Waals surface area contributed by atoms with Crippen LogP contribution >= 0.6 is 11.6 Å². The highest BCUT2D eigenvalue weighted by Gasteiger charge is 2.02. The average Bonchev–Trinajstić information content (AvgIpc) is 2.38. The molecular formula is C14H9ClN2. The summed E-state index contributed by atoms with van der Waals surface area (Å²) in [6.45, 7) is 0. The highest BCUT2D eigenvalue weighted by molar-refractivity contribution is 6.30. The van der Waals surface area contributed by atoms with Crippen LogP contribution in [-0.2, 0) is 0 Å². The number of rotatable bonds is 1. The summed E-state index contributed by atoms with van der Waals surface area (Å²) < 4.78 is 0. The third-order valence-electron chi connectivity index (χ3n) is 2.61. The van der Waals surface area contributed by atoms with Crippen molar-refractivity contribution in [1.82, 2.24) is 9.97 Å². The third kappa shape index (κ3) is 1.99. The van der Waals surface area contributed by atoms with Gasteiger partial charge in [0.05, 0.1) is 11.2 Å². The second-order valence-corrected chi connectivity index (χ2v) is 4.21. The number of hydrogen-bond donors (Lipinski definition) is 0. The SMILES string of the molecule is Clc1cccc(-c2cc3ncccc3cn2)c1. The summed E-state index contributed by atoms with van der Waals surface area (Å²) in [6, 6.07) is 13.5. The molecule has 0 bridgehead atoms. The molecule has 3 aromatic rings. The molecule has 0 spiro atoms. The van der Waals surface area contributed by atoms with Gasteiger partial charge in [-0.25, -0.2) is 0 Å². The maximum atomic E-state index is 5.97. The van der Waals surface area contributed by atoms with Gasteiger partial charge in [-0.15, -0.1) is 0 Å². The second kappa shape index (κ2) is 4.15. The molecule has 3 heteroatoms. The van der Waals surface area contributed by atoms with Gasteiger partial charge in [0.2, 0.25) is 0 Å². The van der Waals surface area contributed by atoms with E-state index in [0.717, 1.165) is 22.2 Å². The zero-order chi connectivity index (χ0) is 11.7. The van der Waals surface area contributed by atoms with Gasteiger partial charge in [-0.1, -0.05) is 23.7 Å². The Labute approximate surface area is 104 Å². The molecule has 82 valence electrons. The van der Waals surface area contributed by atoms with Gasteiger partial charge in [0, 0.05) is 28.4 Å². The summed E-state index contributed by atoms with van der Waals surface area (Å²) >= 11 is 5.97. The van der Waals surface area contributed by atoms with Crippen molar-refractivity contribution in [3.05, 3.63) is 59.9 Å². The topological polar surface area (TPSA) is 25.8 Å². The number of hydrogen-bond acceptors (Lipinski definition) is 2. The van der Waals surface area contributed by atoms with Crippen LogP contribution in [0.15, 0.2) is 54.9 Å². The van der Waals surface area contributed by atoms with Gasteiger partial charge in [0.25, 0.3) is 0 Å². The highest BCUT2D eigenvalue weighted by atomic mass is 35.5. The summed E-state index contributed by atoms with van der Waals surface area (Å²) in [6.07, 6.45) is 3.61. The third-order valence-corrected chi connectivity index (χ3v) is 2.84. The van der Waals surface area contributed by atoms with E-state index in [0.29, 0.717) is 5.02 Å². The van der Waals surface area contributed by atoms with E-state index in [2.05, 4.69) is 9.97 Å². The summed E-state index contributed by atoms with van der Waals surface area (Å²) in [7, 11) is 0. The van der Waals surface area contributed by atoms with E-state index >= 15 is 0 Å². The number of aromatic nitrogens is 2. The number of benzene rings is 1. The second-order valence-electron chi connectivity index (χ2n) is 3.78. The predicted molar refractivity (Wildman–Crippen MR) is 70.0 cm³/mol. The molecule has 0 unspecified atom stereocenters. The van der Waals surface area contributed by atoms with Crippen molar-refractivity contribution in [2.24, 2.45) is 0 Å². The molecule has 1 aromatic carbocycles. The Morgan fingerprint density at radius 1 is 0.941 bits per heavy atom. The van der Waals surface area contributed by atoms with Crippen molar-refractivity contribution < 1.29 is 0 Å². The Kier molecular flexibility index (Phi) is 2.50. The standard InChI is InChI=1S/C14H9ClN2/c15-12-5-1-3-10(7-12)13-8-14-11(9-17-13)4-2-6-16-14/h1-9H. The van der Waals surface area contributed by atoms with Crippen molar-refractivity contribution in [1.29, 1.82) is 0 Å². The van der Waals surface area contributed by atoms with Gasteiger partial charge >= 0.3 is 0 Å². The van der Waals surface area contributed by atoms with E-state index in [1.165, 1.54) is 0 Å². The Balaban J connectivity index is 2.18. The van der Waals surface area contributed by atoms with Crippen LogP contribution in [0.5, 0.6) is 0 Å². The van der Waals surface area contributed by atoms with Crippen molar-refractivity contribution in [3.63, 3.8) is 0 Å². The molecule has 2 aromatic heterocycles. The molecule has 0 atom stereocenters. The maximum absolute atomic E-state index is 5.97. The monoisotopic (exact) mass is 240 g/mol. The molecule has 0 saturated heterocycles. The Hall–Kier alpha value is -1.93. The van der Waals surface area contributed by atoms with Crippen LogP contribution in [0.25, 0.3) is 22.2 Å². The molecule has 17 heavy (non-hydrogen) atoms. The zero-order valence-electron chi connectivity index (χ0n) is 8.97. The molecule has 2 heterocycles. The van der Waals surface area contributed by atoms with Crippen LogP contribution in [0, 0.1) is 0 Å². The van der Waals surface area contributed by atoms with Crippen molar-refractivity contribution in [3.8, 4) is 11.3 Å². The first kappa shape index (κ1) is 10.2. The lowest BCUT2D eigenvalue weighted by molar-refractivity contribution is 1.32. The number of fused-ring (bicyclic) bond motifs is 1. The minimum Gasteiger partial charge on any atom is -0.256 e. The molecule has 0 N–H and O–H groups in total. The van der Waals surface area contributed by atoms with Crippen LogP contribution in [0.4, 0.5) is 0 Å². The molecule has 0 aliphatic heterocycles. The molecule has 0 amide bonds. The smallest absolute Gasteiger partial charge is 0.0739 e. The van der Waals surface area contributed by atoms with Crippen molar-refractivity contribution in [2.45, 2.75) is 0 Å². The Morgan fingerprint density at radius 3 is 2.76 bits per heavy atom. The predicted octanol–water partition coefficient (Wildman–Crippen LogP) is 3.95. The summed E-state index contributed by atoms with van der Waals surface area (Å²) in [5.74, 6) is 0. The molecule has 3 rings (SSSR count). The summed E-state index contributed by atoms with van der Waals surface area (Å²) in [4.78, 5) is 8.74. The Morgan fingerprint density at radius 2 is 1.88 bits per heavy atom. The van der Waals surface area contributed by atoms with Crippen LogP contribution in [0.1, 0.15) is 0 Å². The minimum absolute atomic E-state index is 0.713. The fourth-order valence-electron chi connectivity index (χ4n) is 1.77. The van der Waals surface area contributed by atoms with E-state index in [1.54, 1.807) is 6.20 Å². The number of pyridine rings is 2. The van der Waals surface area contributed by atoms with Gasteiger partial charge in [0.15, 0.2) is 0 Å². The van der Waals surface area contributed by atoms with Gasteiger partial charge in [-0.05, 0) is 30.3 Å². The van der Waals surface area contributed by atoms with Crippen LogP contribution in [0.2, 0.25) is 5.02 Å². The van der Waals surface area contributed by atoms with E-state index in [1.807, 2.05) is 48.7 Å². The number of nitrogens with zero attached hydrogens (tertiary/aromatic N) is 2. The van der Waals surface area contributed by atoms with Crippen LogP contribution < -0.4 is 0 Å². The normalized spacial score (nSPS) is 10.6. The van der Waals surface area contributed by atoms with Gasteiger partial charge in [0.1, 0.15) is 0 Å². The van der Waals surface area contributed by atoms with Gasteiger partial charge in [-0.3, -0.25) is 9.97 Å². The maximum Gasteiger partial charge on any atom is 0.0739 e. The van der Waals surface area contributed by atoms with E-state index in [4.69, 9.17) is 11.6 Å². The molecule has 0 aliphatic rings. The molecule has 2 nitrogen and oxygen atoms in total. The fourth-order valence-corrected chi connectivity index (χ4v) is 1.96. The first-order valence-corrected chi connectivity index (χ1v) is 5.67. The lowest BCUT2D eigenvalue weighted by Crippen LogP contribution is -1.85. The molecule has 0 fully saturated rings. The van der Waals surface area contributed by atoms with Crippen LogP contribution in [-0.4, -0.2) is 9.97 Å². The van der Waals surface area contributed by atoms with Crippen molar-refractivity contribution in [2.75, 3.05) is 0 Å². The van der Waals surface area contributed by atoms with Crippen molar-refractivity contribution >= 4 is 22.5 Å². The molecular weight excluding hydrogens is 232 g/mol. The van der Waals surface area contributed by atoms with E-state index < -0.39 is 0 Å². The molecule has 0 aliphatic carbocycles. The average molecular weight is 241 g/mol. The van der Waals surface area contributed by atoms with Crippen LogP contribution in [0.3, 0.4) is 0 Å². The lowest BCUT2D eigenvalue weighted by atomic mass is 10.1. The zero-order valence-corrected chi connectivity index (χ0v) is 9.72. The minimum atomic E-state index is 0.713. The fraction of sp³-hybridized carbons (Fsp3) is 0. The van der Waals surface area contributed by atoms with E-state index in [-0.39, 0.29) is 0 Å². The van der Waals surface area contributed by atoms with Gasteiger partial charge in [-0.2, -0.15) is 0 Å².